The van der Waals surface area contributed by atoms with E-state index in [0.717, 1.165) is 70.3 Å². The van der Waals surface area contributed by atoms with E-state index in [-0.39, 0.29) is 6.61 Å². The second-order valence-electron chi connectivity index (χ2n) is 7.39. The molecule has 0 radical (unpaired) electrons. The minimum absolute atomic E-state index is 0.0823. The zero-order valence-corrected chi connectivity index (χ0v) is 15.9. The molecule has 4 rings (SSSR count). The number of ether oxygens (including phenoxy) is 1. The Hall–Kier alpha value is -2.08. The Bertz CT molecular complexity index is 730. The molecule has 0 spiro atoms. The highest BCUT2D eigenvalue weighted by Gasteiger charge is 2.20. The zero-order valence-electron chi connectivity index (χ0n) is 15.9. The van der Waals surface area contributed by atoms with Gasteiger partial charge in [0.05, 0.1) is 6.61 Å². The van der Waals surface area contributed by atoms with Gasteiger partial charge < -0.3 is 14.7 Å². The molecule has 5 heteroatoms. The van der Waals surface area contributed by atoms with Gasteiger partial charge in [-0.25, -0.2) is 0 Å². The van der Waals surface area contributed by atoms with Crippen molar-refractivity contribution in [2.75, 3.05) is 57.3 Å². The van der Waals surface area contributed by atoms with Gasteiger partial charge >= 0.3 is 0 Å². The third-order valence-electron chi connectivity index (χ3n) is 5.59. The van der Waals surface area contributed by atoms with Crippen LogP contribution in [0.5, 0.6) is 5.75 Å². The Morgan fingerprint density at radius 3 is 2.41 bits per heavy atom. The molecular weight excluding hydrogens is 338 g/mol. The van der Waals surface area contributed by atoms with Gasteiger partial charge in [0, 0.05) is 63.6 Å². The van der Waals surface area contributed by atoms with Crippen molar-refractivity contribution >= 4 is 5.69 Å². The van der Waals surface area contributed by atoms with Crippen LogP contribution < -0.4 is 9.64 Å². The first-order valence-electron chi connectivity index (χ1n) is 9.92. The molecule has 2 aromatic carbocycles. The molecule has 2 aliphatic rings. The van der Waals surface area contributed by atoms with E-state index in [9.17, 15) is 5.11 Å². The van der Waals surface area contributed by atoms with Crippen LogP contribution >= 0.6 is 0 Å². The third-order valence-corrected chi connectivity index (χ3v) is 5.59. The van der Waals surface area contributed by atoms with Crippen LogP contribution in [0, 0.1) is 0 Å². The van der Waals surface area contributed by atoms with Crippen molar-refractivity contribution in [2.45, 2.75) is 13.2 Å². The van der Waals surface area contributed by atoms with Gasteiger partial charge in [0.2, 0.25) is 0 Å². The number of hydrogen-bond acceptors (Lipinski definition) is 5. The smallest absolute Gasteiger partial charge is 0.123 e. The second-order valence-corrected chi connectivity index (χ2v) is 7.39. The molecule has 0 saturated carbocycles. The molecule has 0 atom stereocenters. The molecule has 1 fully saturated rings. The standard InChI is InChI=1S/C22H29N3O2/c26-18-19-6-7-22-20(16-19)17-24(14-15-27-22)9-8-23-10-12-25(13-11-23)21-4-2-1-3-5-21/h1-7,16,26H,8-15,17-18H2. The van der Waals surface area contributed by atoms with E-state index in [4.69, 9.17) is 4.74 Å². The number of piperazine rings is 1. The number of anilines is 1. The van der Waals surface area contributed by atoms with Gasteiger partial charge in [-0.05, 0) is 29.8 Å². The molecule has 0 amide bonds. The SMILES string of the molecule is OCc1ccc2c(c1)CN(CCN1CCN(c3ccccc3)CC1)CCO2. The molecule has 1 N–H and O–H groups in total. The van der Waals surface area contributed by atoms with Gasteiger partial charge in [0.25, 0.3) is 0 Å². The van der Waals surface area contributed by atoms with Crippen molar-refractivity contribution < 1.29 is 9.84 Å². The van der Waals surface area contributed by atoms with Crippen LogP contribution in [0.1, 0.15) is 11.1 Å². The van der Waals surface area contributed by atoms with Gasteiger partial charge in [-0.2, -0.15) is 0 Å². The molecule has 0 aromatic heterocycles. The Balaban J connectivity index is 1.28. The Morgan fingerprint density at radius 2 is 1.63 bits per heavy atom. The van der Waals surface area contributed by atoms with E-state index in [0.29, 0.717) is 0 Å². The van der Waals surface area contributed by atoms with Gasteiger partial charge in [-0.3, -0.25) is 9.80 Å². The first kappa shape index (κ1) is 18.3. The summed E-state index contributed by atoms with van der Waals surface area (Å²) in [7, 11) is 0. The van der Waals surface area contributed by atoms with Gasteiger partial charge in [0.1, 0.15) is 12.4 Å². The van der Waals surface area contributed by atoms with E-state index >= 15 is 0 Å². The first-order valence-corrected chi connectivity index (χ1v) is 9.92. The number of para-hydroxylation sites is 1. The van der Waals surface area contributed by atoms with Crippen molar-refractivity contribution in [2.24, 2.45) is 0 Å². The molecule has 2 aromatic rings. The number of nitrogens with zero attached hydrogens (tertiary/aromatic N) is 3. The molecule has 0 unspecified atom stereocenters. The molecule has 27 heavy (non-hydrogen) atoms. The van der Waals surface area contributed by atoms with E-state index in [2.05, 4.69) is 51.1 Å². The van der Waals surface area contributed by atoms with E-state index in [1.807, 2.05) is 12.1 Å². The lowest BCUT2D eigenvalue weighted by Crippen LogP contribution is -2.48. The van der Waals surface area contributed by atoms with E-state index < -0.39 is 0 Å². The summed E-state index contributed by atoms with van der Waals surface area (Å²) in [5.74, 6) is 0.964. The summed E-state index contributed by atoms with van der Waals surface area (Å²) < 4.78 is 5.89. The molecule has 144 valence electrons. The summed E-state index contributed by atoms with van der Waals surface area (Å²) in [4.78, 5) is 7.51. The average molecular weight is 367 g/mol. The number of fused-ring (bicyclic) bond motifs is 1. The minimum Gasteiger partial charge on any atom is -0.492 e. The van der Waals surface area contributed by atoms with E-state index in [1.54, 1.807) is 0 Å². The maximum absolute atomic E-state index is 9.39. The zero-order chi connectivity index (χ0) is 18.5. The van der Waals surface area contributed by atoms with Crippen molar-refractivity contribution in [3.63, 3.8) is 0 Å². The average Bonchev–Trinajstić information content (AvgIpc) is 2.94. The van der Waals surface area contributed by atoms with Crippen LogP contribution in [0.25, 0.3) is 0 Å². The molecule has 5 nitrogen and oxygen atoms in total. The van der Waals surface area contributed by atoms with Crippen molar-refractivity contribution in [1.82, 2.24) is 9.80 Å². The quantitative estimate of drug-likeness (QED) is 0.877. The number of benzene rings is 2. The Labute approximate surface area is 161 Å². The van der Waals surface area contributed by atoms with Crippen LogP contribution in [-0.4, -0.2) is 67.3 Å². The first-order chi connectivity index (χ1) is 13.3. The summed E-state index contributed by atoms with van der Waals surface area (Å²) in [5.41, 5.74) is 3.47. The van der Waals surface area contributed by atoms with Gasteiger partial charge in [0.15, 0.2) is 0 Å². The molecular formula is C22H29N3O2. The van der Waals surface area contributed by atoms with Crippen LogP contribution in [0.15, 0.2) is 48.5 Å². The maximum atomic E-state index is 9.39. The lowest BCUT2D eigenvalue weighted by Gasteiger charge is -2.37. The van der Waals surface area contributed by atoms with Crippen LogP contribution in [-0.2, 0) is 13.2 Å². The number of rotatable bonds is 5. The highest BCUT2D eigenvalue weighted by Crippen LogP contribution is 2.24. The summed E-state index contributed by atoms with van der Waals surface area (Å²) in [6.45, 7) is 9.22. The third kappa shape index (κ3) is 4.61. The monoisotopic (exact) mass is 367 g/mol. The van der Waals surface area contributed by atoms with Crippen molar-refractivity contribution in [3.05, 3.63) is 59.7 Å². The lowest BCUT2D eigenvalue weighted by molar-refractivity contribution is 0.180. The molecule has 0 aliphatic carbocycles. The summed E-state index contributed by atoms with van der Waals surface area (Å²) in [6, 6.07) is 16.7. The lowest BCUT2D eigenvalue weighted by atomic mass is 10.1. The number of aliphatic hydroxyl groups is 1. The molecule has 0 bridgehead atoms. The normalized spacial score (nSPS) is 18.6. The predicted octanol–water partition coefficient (Wildman–Crippen LogP) is 2.20. The Kier molecular flexibility index (Phi) is 5.92. The molecule has 2 heterocycles. The van der Waals surface area contributed by atoms with Crippen LogP contribution in [0.3, 0.4) is 0 Å². The fraction of sp³-hybridized carbons (Fsp3) is 0.455. The molecule has 2 aliphatic heterocycles. The van der Waals surface area contributed by atoms with Crippen LogP contribution in [0.4, 0.5) is 5.69 Å². The Morgan fingerprint density at radius 1 is 0.852 bits per heavy atom. The second kappa shape index (κ2) is 8.74. The van der Waals surface area contributed by atoms with Crippen molar-refractivity contribution in [3.8, 4) is 5.75 Å². The summed E-state index contributed by atoms with van der Waals surface area (Å²) >= 11 is 0. The highest BCUT2D eigenvalue weighted by molar-refractivity contribution is 5.46. The number of aliphatic hydroxyl groups excluding tert-OH is 1. The summed E-state index contributed by atoms with van der Waals surface area (Å²) in [6.07, 6.45) is 0. The topological polar surface area (TPSA) is 39.2 Å². The van der Waals surface area contributed by atoms with E-state index in [1.165, 1.54) is 11.3 Å². The minimum atomic E-state index is 0.0823. The molecule has 1 saturated heterocycles. The number of hydrogen-bond donors (Lipinski definition) is 1. The van der Waals surface area contributed by atoms with Crippen LogP contribution in [0.2, 0.25) is 0 Å². The largest absolute Gasteiger partial charge is 0.492 e. The fourth-order valence-corrected chi connectivity index (χ4v) is 3.94. The maximum Gasteiger partial charge on any atom is 0.123 e. The summed E-state index contributed by atoms with van der Waals surface area (Å²) in [5, 5.41) is 9.39. The van der Waals surface area contributed by atoms with Gasteiger partial charge in [-0.1, -0.05) is 24.3 Å². The fourth-order valence-electron chi connectivity index (χ4n) is 3.94. The van der Waals surface area contributed by atoms with Gasteiger partial charge in [-0.15, -0.1) is 0 Å². The van der Waals surface area contributed by atoms with Crippen molar-refractivity contribution in [1.29, 1.82) is 0 Å². The highest BCUT2D eigenvalue weighted by atomic mass is 16.5. The predicted molar refractivity (Wildman–Crippen MR) is 108 cm³/mol.